The number of rotatable bonds is 6. The maximum Gasteiger partial charge on any atom is 0.223 e. The van der Waals surface area contributed by atoms with Crippen molar-refractivity contribution in [1.82, 2.24) is 10.6 Å². The van der Waals surface area contributed by atoms with Crippen LogP contribution < -0.4 is 10.6 Å². The van der Waals surface area contributed by atoms with E-state index in [1.165, 1.54) is 0 Å². The lowest BCUT2D eigenvalue weighted by molar-refractivity contribution is -0.123. The Morgan fingerprint density at radius 2 is 1.62 bits per heavy atom. The van der Waals surface area contributed by atoms with Crippen molar-refractivity contribution in [2.45, 2.75) is 45.2 Å². The standard InChI is InChI=1S/C17H22N2O2/c1-11(19-17(21)15-8-9-15)13-4-2-12(3-5-13)10-18-16(20)14-6-7-14/h2-5,11,14-15H,6-10H2,1H3,(H,18,20)(H,19,21). The van der Waals surface area contributed by atoms with E-state index in [1.54, 1.807) is 0 Å². The monoisotopic (exact) mass is 286 g/mol. The first-order valence-electron chi connectivity index (χ1n) is 7.80. The van der Waals surface area contributed by atoms with Gasteiger partial charge in [-0.2, -0.15) is 0 Å². The van der Waals surface area contributed by atoms with Crippen molar-refractivity contribution in [3.8, 4) is 0 Å². The minimum Gasteiger partial charge on any atom is -0.352 e. The van der Waals surface area contributed by atoms with Crippen molar-refractivity contribution in [3.63, 3.8) is 0 Å². The second kappa shape index (κ2) is 5.88. The summed E-state index contributed by atoms with van der Waals surface area (Å²) in [5, 5.41) is 6.00. The van der Waals surface area contributed by atoms with Gasteiger partial charge in [0.25, 0.3) is 0 Å². The summed E-state index contributed by atoms with van der Waals surface area (Å²) in [6, 6.07) is 8.12. The highest BCUT2D eigenvalue weighted by Gasteiger charge is 2.30. The fraction of sp³-hybridized carbons (Fsp3) is 0.529. The summed E-state index contributed by atoms with van der Waals surface area (Å²) in [7, 11) is 0. The highest BCUT2D eigenvalue weighted by atomic mass is 16.2. The van der Waals surface area contributed by atoms with Crippen molar-refractivity contribution in [2.75, 3.05) is 0 Å². The van der Waals surface area contributed by atoms with Crippen molar-refractivity contribution in [3.05, 3.63) is 35.4 Å². The molecule has 4 heteroatoms. The highest BCUT2D eigenvalue weighted by molar-refractivity contribution is 5.81. The van der Waals surface area contributed by atoms with Gasteiger partial charge in [-0.3, -0.25) is 9.59 Å². The van der Waals surface area contributed by atoms with Gasteiger partial charge in [-0.05, 0) is 43.7 Å². The van der Waals surface area contributed by atoms with Crippen LogP contribution in [-0.4, -0.2) is 11.8 Å². The fourth-order valence-corrected chi connectivity index (χ4v) is 2.36. The first kappa shape index (κ1) is 14.1. The minimum atomic E-state index is 0.0354. The van der Waals surface area contributed by atoms with Crippen LogP contribution in [0.4, 0.5) is 0 Å². The molecule has 0 heterocycles. The molecule has 2 aliphatic carbocycles. The molecule has 0 aliphatic heterocycles. The Morgan fingerprint density at radius 3 is 2.19 bits per heavy atom. The van der Waals surface area contributed by atoms with Crippen LogP contribution in [0.2, 0.25) is 0 Å². The van der Waals surface area contributed by atoms with Crippen LogP contribution >= 0.6 is 0 Å². The first-order valence-corrected chi connectivity index (χ1v) is 7.80. The van der Waals surface area contributed by atoms with Gasteiger partial charge in [0.15, 0.2) is 0 Å². The van der Waals surface area contributed by atoms with E-state index in [4.69, 9.17) is 0 Å². The zero-order valence-corrected chi connectivity index (χ0v) is 12.4. The van der Waals surface area contributed by atoms with Crippen molar-refractivity contribution >= 4 is 11.8 Å². The van der Waals surface area contributed by atoms with E-state index in [0.717, 1.165) is 36.8 Å². The van der Waals surface area contributed by atoms with E-state index in [9.17, 15) is 9.59 Å². The Bertz CT molecular complexity index is 530. The van der Waals surface area contributed by atoms with E-state index >= 15 is 0 Å². The molecule has 0 spiro atoms. The van der Waals surface area contributed by atoms with Crippen LogP contribution in [0.1, 0.15) is 49.8 Å². The number of carbonyl (C=O) groups excluding carboxylic acids is 2. The summed E-state index contributed by atoms with van der Waals surface area (Å²) in [5.41, 5.74) is 2.19. The van der Waals surface area contributed by atoms with E-state index in [1.807, 2.05) is 31.2 Å². The molecule has 2 fully saturated rings. The second-order valence-corrected chi connectivity index (χ2v) is 6.24. The smallest absolute Gasteiger partial charge is 0.223 e. The molecular formula is C17H22N2O2. The molecule has 4 nitrogen and oxygen atoms in total. The summed E-state index contributed by atoms with van der Waals surface area (Å²) in [6.45, 7) is 2.59. The summed E-state index contributed by atoms with van der Waals surface area (Å²) in [5.74, 6) is 0.832. The normalized spacial score (nSPS) is 18.9. The quantitative estimate of drug-likeness (QED) is 0.843. The third-order valence-corrected chi connectivity index (χ3v) is 4.20. The molecule has 1 aromatic rings. The average Bonchev–Trinajstić information content (AvgIpc) is 3.37. The van der Waals surface area contributed by atoms with Crippen LogP contribution in [0.15, 0.2) is 24.3 Å². The van der Waals surface area contributed by atoms with Gasteiger partial charge in [0.05, 0.1) is 6.04 Å². The van der Waals surface area contributed by atoms with E-state index in [-0.39, 0.29) is 29.7 Å². The number of carbonyl (C=O) groups is 2. The molecule has 0 aromatic heterocycles. The molecule has 3 rings (SSSR count). The highest BCUT2D eigenvalue weighted by Crippen LogP contribution is 2.30. The maximum atomic E-state index is 11.7. The molecule has 2 amide bonds. The Labute approximate surface area is 125 Å². The lowest BCUT2D eigenvalue weighted by Gasteiger charge is -2.14. The molecule has 2 aliphatic rings. The largest absolute Gasteiger partial charge is 0.352 e. The van der Waals surface area contributed by atoms with Gasteiger partial charge < -0.3 is 10.6 Å². The topological polar surface area (TPSA) is 58.2 Å². The summed E-state index contributed by atoms with van der Waals surface area (Å²) < 4.78 is 0. The maximum absolute atomic E-state index is 11.7. The van der Waals surface area contributed by atoms with E-state index in [2.05, 4.69) is 10.6 Å². The zero-order chi connectivity index (χ0) is 14.8. The molecule has 2 saturated carbocycles. The van der Waals surface area contributed by atoms with Crippen LogP contribution in [0.3, 0.4) is 0 Å². The predicted molar refractivity (Wildman–Crippen MR) is 80.3 cm³/mol. The van der Waals surface area contributed by atoms with Gasteiger partial charge in [-0.25, -0.2) is 0 Å². The Balaban J connectivity index is 1.50. The number of hydrogen-bond acceptors (Lipinski definition) is 2. The SMILES string of the molecule is CC(NC(=O)C1CC1)c1ccc(CNC(=O)C2CC2)cc1. The van der Waals surface area contributed by atoms with E-state index < -0.39 is 0 Å². The second-order valence-electron chi connectivity index (χ2n) is 6.24. The Hall–Kier alpha value is -1.84. The predicted octanol–water partition coefficient (Wildman–Crippen LogP) is 2.30. The first-order chi connectivity index (χ1) is 10.1. The van der Waals surface area contributed by atoms with Gasteiger partial charge in [0.2, 0.25) is 11.8 Å². The van der Waals surface area contributed by atoms with Gasteiger partial charge in [0, 0.05) is 18.4 Å². The lowest BCUT2D eigenvalue weighted by Crippen LogP contribution is -2.28. The Kier molecular flexibility index (Phi) is 3.95. The zero-order valence-electron chi connectivity index (χ0n) is 12.4. The van der Waals surface area contributed by atoms with Gasteiger partial charge in [0.1, 0.15) is 0 Å². The van der Waals surface area contributed by atoms with Gasteiger partial charge in [-0.1, -0.05) is 24.3 Å². The molecule has 2 N–H and O–H groups in total. The molecular weight excluding hydrogens is 264 g/mol. The molecule has 1 aromatic carbocycles. The Morgan fingerprint density at radius 1 is 1.05 bits per heavy atom. The number of amides is 2. The lowest BCUT2D eigenvalue weighted by atomic mass is 10.1. The van der Waals surface area contributed by atoms with Crippen LogP contribution in [-0.2, 0) is 16.1 Å². The number of nitrogens with one attached hydrogen (secondary N) is 2. The third-order valence-electron chi connectivity index (χ3n) is 4.20. The minimum absolute atomic E-state index is 0.0354. The van der Waals surface area contributed by atoms with Crippen molar-refractivity contribution < 1.29 is 9.59 Å². The van der Waals surface area contributed by atoms with Crippen molar-refractivity contribution in [2.24, 2.45) is 11.8 Å². The van der Waals surface area contributed by atoms with Crippen molar-refractivity contribution in [1.29, 1.82) is 0 Å². The summed E-state index contributed by atoms with van der Waals surface area (Å²) >= 11 is 0. The van der Waals surface area contributed by atoms with Crippen LogP contribution in [0, 0.1) is 11.8 Å². The molecule has 0 bridgehead atoms. The molecule has 0 saturated heterocycles. The van der Waals surface area contributed by atoms with Gasteiger partial charge >= 0.3 is 0 Å². The summed E-state index contributed by atoms with van der Waals surface area (Å²) in [6.07, 6.45) is 4.11. The summed E-state index contributed by atoms with van der Waals surface area (Å²) in [4.78, 5) is 23.3. The molecule has 112 valence electrons. The number of hydrogen-bond donors (Lipinski definition) is 2. The molecule has 1 atom stereocenters. The molecule has 0 radical (unpaired) electrons. The van der Waals surface area contributed by atoms with Crippen LogP contribution in [0.5, 0.6) is 0 Å². The fourth-order valence-electron chi connectivity index (χ4n) is 2.36. The molecule has 21 heavy (non-hydrogen) atoms. The third kappa shape index (κ3) is 3.84. The number of benzene rings is 1. The van der Waals surface area contributed by atoms with E-state index in [0.29, 0.717) is 6.54 Å². The van der Waals surface area contributed by atoms with Gasteiger partial charge in [-0.15, -0.1) is 0 Å². The average molecular weight is 286 g/mol. The van der Waals surface area contributed by atoms with Crippen LogP contribution in [0.25, 0.3) is 0 Å². The molecule has 1 unspecified atom stereocenters.